The highest BCUT2D eigenvalue weighted by molar-refractivity contribution is 9.10. The Labute approximate surface area is 130 Å². The lowest BCUT2D eigenvalue weighted by Gasteiger charge is -2.03. The molecule has 102 valence electrons. The van der Waals surface area contributed by atoms with E-state index in [1.54, 1.807) is 11.3 Å². The Morgan fingerprint density at radius 3 is 2.85 bits per heavy atom. The minimum Gasteiger partial charge on any atom is -0.382 e. The maximum Gasteiger partial charge on any atom is 0.153 e. The monoisotopic (exact) mass is 347 g/mol. The van der Waals surface area contributed by atoms with Gasteiger partial charge in [0.2, 0.25) is 0 Å². The van der Waals surface area contributed by atoms with Crippen LogP contribution in [0.2, 0.25) is 0 Å². The van der Waals surface area contributed by atoms with E-state index >= 15 is 0 Å². The summed E-state index contributed by atoms with van der Waals surface area (Å²) < 4.78 is 1.03. The lowest BCUT2D eigenvalue weighted by atomic mass is 10.0. The molecule has 0 amide bonds. The van der Waals surface area contributed by atoms with Crippen molar-refractivity contribution in [3.8, 4) is 21.7 Å². The number of benzene rings is 1. The third-order valence-corrected chi connectivity index (χ3v) is 4.90. The first-order valence-electron chi connectivity index (χ1n) is 6.38. The van der Waals surface area contributed by atoms with Gasteiger partial charge in [-0.05, 0) is 36.2 Å². The second kappa shape index (κ2) is 5.42. The summed E-state index contributed by atoms with van der Waals surface area (Å²) in [5, 5.41) is 7.24. The number of halogens is 1. The predicted molar refractivity (Wildman–Crippen MR) is 88.8 cm³/mol. The zero-order valence-corrected chi connectivity index (χ0v) is 13.4. The van der Waals surface area contributed by atoms with Gasteiger partial charge in [-0.15, -0.1) is 11.3 Å². The van der Waals surface area contributed by atoms with Crippen molar-refractivity contribution in [2.45, 2.75) is 13.3 Å². The van der Waals surface area contributed by atoms with E-state index in [9.17, 15) is 0 Å². The molecule has 0 saturated heterocycles. The van der Waals surface area contributed by atoms with Crippen LogP contribution in [0.5, 0.6) is 0 Å². The van der Waals surface area contributed by atoms with Gasteiger partial charge in [-0.1, -0.05) is 35.0 Å². The van der Waals surface area contributed by atoms with Gasteiger partial charge in [-0.2, -0.15) is 5.10 Å². The molecule has 2 aromatic heterocycles. The van der Waals surface area contributed by atoms with Gasteiger partial charge >= 0.3 is 0 Å². The fraction of sp³-hybridized carbons (Fsp3) is 0.133. The van der Waals surface area contributed by atoms with Crippen LogP contribution in [0.15, 0.2) is 40.9 Å². The lowest BCUT2D eigenvalue weighted by molar-refractivity contribution is 1.11. The third kappa shape index (κ3) is 2.39. The van der Waals surface area contributed by atoms with Gasteiger partial charge in [-0.3, -0.25) is 5.10 Å². The molecule has 0 bridgehead atoms. The van der Waals surface area contributed by atoms with Gasteiger partial charge in [0.05, 0.1) is 16.1 Å². The van der Waals surface area contributed by atoms with Crippen molar-refractivity contribution in [1.29, 1.82) is 0 Å². The molecule has 0 atom stereocenters. The first-order chi connectivity index (χ1) is 9.69. The fourth-order valence-corrected chi connectivity index (χ4v) is 3.52. The number of aryl methyl sites for hydroxylation is 1. The number of aromatic nitrogens is 2. The Balaban J connectivity index is 2.14. The first-order valence-corrected chi connectivity index (χ1v) is 7.99. The molecule has 1 aromatic carbocycles. The Morgan fingerprint density at radius 1 is 1.30 bits per heavy atom. The number of nitrogens with two attached hydrogens (primary N) is 1. The molecule has 3 N–H and O–H groups in total. The highest BCUT2D eigenvalue weighted by Crippen LogP contribution is 2.38. The minimum atomic E-state index is 0.532. The summed E-state index contributed by atoms with van der Waals surface area (Å²) in [6.45, 7) is 2.16. The number of rotatable bonds is 3. The van der Waals surface area contributed by atoms with Crippen molar-refractivity contribution < 1.29 is 0 Å². The summed E-state index contributed by atoms with van der Waals surface area (Å²) in [7, 11) is 0. The second-order valence-corrected chi connectivity index (χ2v) is 6.57. The zero-order valence-electron chi connectivity index (χ0n) is 11.0. The largest absolute Gasteiger partial charge is 0.382 e. The minimum absolute atomic E-state index is 0.532. The van der Waals surface area contributed by atoms with Crippen molar-refractivity contribution in [3.63, 3.8) is 0 Å². The molecule has 20 heavy (non-hydrogen) atoms. The van der Waals surface area contributed by atoms with Crippen molar-refractivity contribution >= 4 is 33.1 Å². The fourth-order valence-electron chi connectivity index (χ4n) is 2.17. The quantitative estimate of drug-likeness (QED) is 0.720. The molecule has 0 spiro atoms. The molecule has 3 aromatic rings. The number of thiophene rings is 1. The van der Waals surface area contributed by atoms with Gasteiger partial charge in [-0.25, -0.2) is 0 Å². The van der Waals surface area contributed by atoms with Crippen LogP contribution in [0, 0.1) is 0 Å². The SMILES string of the molecule is CCc1ccc(-c2[nH]nc(N)c2-c2cccc(Br)c2)s1. The van der Waals surface area contributed by atoms with Crippen molar-refractivity contribution in [2.24, 2.45) is 0 Å². The number of nitrogens with one attached hydrogen (secondary N) is 1. The highest BCUT2D eigenvalue weighted by Gasteiger charge is 2.16. The molecule has 2 heterocycles. The molecule has 0 radical (unpaired) electrons. The number of nitrogens with zero attached hydrogens (tertiary/aromatic N) is 1. The Bertz CT molecular complexity index is 745. The molecule has 0 saturated carbocycles. The molecule has 0 unspecified atom stereocenters. The van der Waals surface area contributed by atoms with Crippen LogP contribution >= 0.6 is 27.3 Å². The molecule has 0 aliphatic rings. The van der Waals surface area contributed by atoms with Crippen LogP contribution in [-0.2, 0) is 6.42 Å². The Hall–Kier alpha value is -1.59. The van der Waals surface area contributed by atoms with Gasteiger partial charge < -0.3 is 5.73 Å². The number of hydrogen-bond acceptors (Lipinski definition) is 3. The van der Waals surface area contributed by atoms with E-state index in [0.29, 0.717) is 5.82 Å². The summed E-state index contributed by atoms with van der Waals surface area (Å²) in [6.07, 6.45) is 1.04. The van der Waals surface area contributed by atoms with Crippen LogP contribution in [0.3, 0.4) is 0 Å². The molecule has 0 aliphatic carbocycles. The van der Waals surface area contributed by atoms with Crippen LogP contribution < -0.4 is 5.73 Å². The maximum atomic E-state index is 6.05. The lowest BCUT2D eigenvalue weighted by Crippen LogP contribution is -1.88. The summed E-state index contributed by atoms with van der Waals surface area (Å²) in [4.78, 5) is 2.52. The summed E-state index contributed by atoms with van der Waals surface area (Å²) in [5.41, 5.74) is 9.07. The van der Waals surface area contributed by atoms with Crippen molar-refractivity contribution in [2.75, 3.05) is 5.73 Å². The first kappa shape index (κ1) is 13.4. The number of aromatic amines is 1. The molecule has 3 nitrogen and oxygen atoms in total. The second-order valence-electron chi connectivity index (χ2n) is 4.49. The van der Waals surface area contributed by atoms with Crippen LogP contribution in [0.1, 0.15) is 11.8 Å². The number of hydrogen-bond donors (Lipinski definition) is 2. The number of anilines is 1. The van der Waals surface area contributed by atoms with Crippen molar-refractivity contribution in [3.05, 3.63) is 45.7 Å². The molecule has 0 fully saturated rings. The number of H-pyrrole nitrogens is 1. The molecule has 5 heteroatoms. The van der Waals surface area contributed by atoms with Gasteiger partial charge in [0.25, 0.3) is 0 Å². The normalized spacial score (nSPS) is 10.9. The zero-order chi connectivity index (χ0) is 14.1. The molecule has 0 aliphatic heterocycles. The van der Waals surface area contributed by atoms with E-state index in [4.69, 9.17) is 5.73 Å². The van der Waals surface area contributed by atoms with Crippen LogP contribution in [0.4, 0.5) is 5.82 Å². The van der Waals surface area contributed by atoms with Crippen LogP contribution in [0.25, 0.3) is 21.7 Å². The smallest absolute Gasteiger partial charge is 0.153 e. The van der Waals surface area contributed by atoms with E-state index in [1.165, 1.54) is 9.75 Å². The van der Waals surface area contributed by atoms with E-state index in [0.717, 1.165) is 27.7 Å². The Kier molecular flexibility index (Phi) is 3.63. The standard InChI is InChI=1S/C15H14BrN3S/c1-2-11-6-7-12(20-11)14-13(15(17)19-18-14)9-4-3-5-10(16)8-9/h3-8H,2H2,1H3,(H3,17,18,19). The van der Waals surface area contributed by atoms with E-state index < -0.39 is 0 Å². The van der Waals surface area contributed by atoms with Gasteiger partial charge in [0, 0.05) is 9.35 Å². The average molecular weight is 348 g/mol. The van der Waals surface area contributed by atoms with E-state index in [2.05, 4.69) is 51.3 Å². The van der Waals surface area contributed by atoms with Gasteiger partial charge in [0.1, 0.15) is 0 Å². The van der Waals surface area contributed by atoms with E-state index in [-0.39, 0.29) is 0 Å². The summed E-state index contributed by atoms with van der Waals surface area (Å²) in [6, 6.07) is 12.4. The van der Waals surface area contributed by atoms with Crippen molar-refractivity contribution in [1.82, 2.24) is 10.2 Å². The Morgan fingerprint density at radius 2 is 2.15 bits per heavy atom. The van der Waals surface area contributed by atoms with Gasteiger partial charge in [0.15, 0.2) is 5.82 Å². The molecule has 3 rings (SSSR count). The maximum absolute atomic E-state index is 6.05. The average Bonchev–Trinajstić information content (AvgIpc) is 3.04. The topological polar surface area (TPSA) is 54.7 Å². The predicted octanol–water partition coefficient (Wildman–Crippen LogP) is 4.71. The molecular formula is C15H14BrN3S. The van der Waals surface area contributed by atoms with E-state index in [1.807, 2.05) is 18.2 Å². The summed E-state index contributed by atoms with van der Waals surface area (Å²) >= 11 is 5.27. The van der Waals surface area contributed by atoms with Crippen LogP contribution in [-0.4, -0.2) is 10.2 Å². The highest BCUT2D eigenvalue weighted by atomic mass is 79.9. The third-order valence-electron chi connectivity index (χ3n) is 3.16. The summed E-state index contributed by atoms with van der Waals surface area (Å²) in [5.74, 6) is 0.532. The number of nitrogen functional groups attached to an aromatic ring is 1. The molecular weight excluding hydrogens is 334 g/mol.